The van der Waals surface area contributed by atoms with Crippen molar-refractivity contribution in [3.05, 3.63) is 113 Å². The van der Waals surface area contributed by atoms with Gasteiger partial charge in [-0.1, -0.05) is 18.2 Å². The van der Waals surface area contributed by atoms with Crippen LogP contribution in [0.5, 0.6) is 17.2 Å². The van der Waals surface area contributed by atoms with E-state index in [1.165, 1.54) is 39.2 Å². The fourth-order valence-corrected chi connectivity index (χ4v) is 5.08. The van der Waals surface area contributed by atoms with Gasteiger partial charge >= 0.3 is 5.97 Å². The molecule has 4 aromatic rings. The van der Waals surface area contributed by atoms with Crippen molar-refractivity contribution in [3.63, 3.8) is 0 Å². The van der Waals surface area contributed by atoms with Crippen LogP contribution in [0.3, 0.4) is 0 Å². The average molecular weight is 670 g/mol. The highest BCUT2D eigenvalue weighted by Gasteiger charge is 2.18. The minimum Gasteiger partial charge on any atom is -0.493 e. The molecule has 4 aromatic carbocycles. The van der Waals surface area contributed by atoms with E-state index in [0.717, 1.165) is 4.90 Å². The first-order valence-electron chi connectivity index (χ1n) is 14.7. The van der Waals surface area contributed by atoms with Crippen LogP contribution in [0.15, 0.2) is 102 Å². The normalized spacial score (nSPS) is 10.8. The molecule has 3 amide bonds. The average Bonchev–Trinajstić information content (AvgIpc) is 3.11. The van der Waals surface area contributed by atoms with Gasteiger partial charge in [-0.2, -0.15) is 0 Å². The Bertz CT molecular complexity index is 1750. The molecule has 12 heteroatoms. The maximum atomic E-state index is 13.5. The van der Waals surface area contributed by atoms with Crippen LogP contribution in [0.1, 0.15) is 33.2 Å². The topological polar surface area (TPSA) is 141 Å². The lowest BCUT2D eigenvalue weighted by Gasteiger charge is -2.15. The van der Waals surface area contributed by atoms with E-state index < -0.39 is 17.8 Å². The molecule has 0 radical (unpaired) electrons. The molecule has 3 N–H and O–H groups in total. The summed E-state index contributed by atoms with van der Waals surface area (Å²) in [7, 11) is 4.46. The number of thioether (sulfide) groups is 1. The predicted octanol–water partition coefficient (Wildman–Crippen LogP) is 6.03. The van der Waals surface area contributed by atoms with Crippen molar-refractivity contribution in [2.24, 2.45) is 0 Å². The lowest BCUT2D eigenvalue weighted by Crippen LogP contribution is -2.30. The lowest BCUT2D eigenvalue weighted by molar-refractivity contribution is -0.114. The number of hydrogen-bond donors (Lipinski definition) is 3. The third-order valence-corrected chi connectivity index (χ3v) is 7.70. The van der Waals surface area contributed by atoms with E-state index in [9.17, 15) is 19.2 Å². The Morgan fingerprint density at radius 3 is 1.92 bits per heavy atom. The highest BCUT2D eigenvalue weighted by molar-refractivity contribution is 8.00. The van der Waals surface area contributed by atoms with Gasteiger partial charge in [0.2, 0.25) is 11.7 Å². The maximum absolute atomic E-state index is 13.5. The van der Waals surface area contributed by atoms with E-state index in [0.29, 0.717) is 45.3 Å². The van der Waals surface area contributed by atoms with Crippen LogP contribution in [-0.4, -0.2) is 57.4 Å². The number of ether oxygens (including phenoxy) is 4. The summed E-state index contributed by atoms with van der Waals surface area (Å²) in [4.78, 5) is 51.7. The second-order valence-corrected chi connectivity index (χ2v) is 11.0. The van der Waals surface area contributed by atoms with E-state index in [-0.39, 0.29) is 24.0 Å². The van der Waals surface area contributed by atoms with Gasteiger partial charge in [-0.05, 0) is 91.4 Å². The van der Waals surface area contributed by atoms with Gasteiger partial charge < -0.3 is 34.9 Å². The molecule has 48 heavy (non-hydrogen) atoms. The Morgan fingerprint density at radius 1 is 0.729 bits per heavy atom. The molecule has 0 unspecified atom stereocenters. The number of hydrogen-bond acceptors (Lipinski definition) is 9. The number of rotatable bonds is 14. The number of benzene rings is 4. The van der Waals surface area contributed by atoms with Crippen molar-refractivity contribution in [1.82, 2.24) is 5.32 Å². The molecule has 0 fully saturated rings. The van der Waals surface area contributed by atoms with Gasteiger partial charge in [0, 0.05) is 21.8 Å². The van der Waals surface area contributed by atoms with Crippen molar-refractivity contribution in [2.45, 2.75) is 11.8 Å². The first kappa shape index (κ1) is 35.1. The molecule has 0 saturated carbocycles. The lowest BCUT2D eigenvalue weighted by atomic mass is 10.1. The second-order valence-electron chi connectivity index (χ2n) is 9.95. The molecule has 4 rings (SSSR count). The van der Waals surface area contributed by atoms with Gasteiger partial charge in [0.25, 0.3) is 11.8 Å². The molecule has 248 valence electrons. The minimum absolute atomic E-state index is 0.0245. The van der Waals surface area contributed by atoms with E-state index in [1.54, 1.807) is 97.9 Å². The van der Waals surface area contributed by atoms with Crippen molar-refractivity contribution >= 4 is 52.9 Å². The molecule has 0 aliphatic rings. The summed E-state index contributed by atoms with van der Waals surface area (Å²) < 4.78 is 21.2. The van der Waals surface area contributed by atoms with Crippen LogP contribution >= 0.6 is 11.8 Å². The monoisotopic (exact) mass is 669 g/mol. The molecule has 0 aromatic heterocycles. The Hall–Kier alpha value is -5.75. The van der Waals surface area contributed by atoms with E-state index in [2.05, 4.69) is 16.0 Å². The largest absolute Gasteiger partial charge is 0.493 e. The second kappa shape index (κ2) is 17.2. The number of amides is 3. The van der Waals surface area contributed by atoms with Gasteiger partial charge in [0.1, 0.15) is 5.70 Å². The Balaban J connectivity index is 1.44. The van der Waals surface area contributed by atoms with E-state index in [1.807, 2.05) is 0 Å². The number of carbonyl (C=O) groups excluding carboxylic acids is 4. The fraction of sp³-hybridized carbons (Fsp3) is 0.167. The third kappa shape index (κ3) is 9.63. The molecule has 0 atom stereocenters. The zero-order chi connectivity index (χ0) is 34.5. The summed E-state index contributed by atoms with van der Waals surface area (Å²) in [6, 6.07) is 25.2. The summed E-state index contributed by atoms with van der Waals surface area (Å²) in [6.45, 7) is 2.01. The van der Waals surface area contributed by atoms with E-state index >= 15 is 0 Å². The maximum Gasteiger partial charge on any atom is 0.338 e. The number of anilines is 2. The highest BCUT2D eigenvalue weighted by atomic mass is 32.2. The van der Waals surface area contributed by atoms with Crippen molar-refractivity contribution in [2.75, 3.05) is 44.3 Å². The molecular weight excluding hydrogens is 634 g/mol. The smallest absolute Gasteiger partial charge is 0.338 e. The first-order valence-corrected chi connectivity index (χ1v) is 15.7. The van der Waals surface area contributed by atoms with Gasteiger partial charge in [-0.3, -0.25) is 14.4 Å². The Morgan fingerprint density at radius 2 is 1.33 bits per heavy atom. The summed E-state index contributed by atoms with van der Waals surface area (Å²) >= 11 is 1.31. The molecule has 0 aliphatic heterocycles. The Labute approximate surface area is 282 Å². The highest BCUT2D eigenvalue weighted by Crippen LogP contribution is 2.38. The number of methoxy groups -OCH3 is 3. The van der Waals surface area contributed by atoms with Gasteiger partial charge in [0.15, 0.2) is 11.5 Å². The van der Waals surface area contributed by atoms with Crippen LogP contribution in [0, 0.1) is 0 Å². The molecule has 11 nitrogen and oxygen atoms in total. The van der Waals surface area contributed by atoms with Crippen LogP contribution in [0.2, 0.25) is 0 Å². The van der Waals surface area contributed by atoms with Crippen molar-refractivity contribution in [1.29, 1.82) is 0 Å². The van der Waals surface area contributed by atoms with E-state index in [4.69, 9.17) is 18.9 Å². The molecule has 0 spiro atoms. The molecule has 0 aliphatic carbocycles. The summed E-state index contributed by atoms with van der Waals surface area (Å²) in [6.07, 6.45) is 1.51. The van der Waals surface area contributed by atoms with Gasteiger partial charge in [-0.25, -0.2) is 4.79 Å². The van der Waals surface area contributed by atoms with Crippen molar-refractivity contribution in [3.8, 4) is 17.2 Å². The fourth-order valence-electron chi connectivity index (χ4n) is 4.38. The minimum atomic E-state index is -0.568. The van der Waals surface area contributed by atoms with Crippen molar-refractivity contribution < 1.29 is 38.1 Å². The van der Waals surface area contributed by atoms with Crippen LogP contribution in [0.4, 0.5) is 11.4 Å². The third-order valence-electron chi connectivity index (χ3n) is 6.69. The zero-order valence-corrected chi connectivity index (χ0v) is 27.6. The van der Waals surface area contributed by atoms with Crippen LogP contribution in [0.25, 0.3) is 6.08 Å². The Kier molecular flexibility index (Phi) is 12.6. The SMILES string of the molecule is CCOC(=O)c1ccc(NC(=O)CSc2ccc(NC(=O)/C(=C/c3cc(OC)c(OC)c(OC)c3)NC(=O)c3ccccc3)cc2)cc1. The predicted molar refractivity (Wildman–Crippen MR) is 185 cm³/mol. The number of nitrogens with one attached hydrogen (secondary N) is 3. The zero-order valence-electron chi connectivity index (χ0n) is 26.8. The van der Waals surface area contributed by atoms with Crippen LogP contribution < -0.4 is 30.2 Å². The first-order chi connectivity index (χ1) is 23.2. The number of esters is 1. The molecule has 0 bridgehead atoms. The summed E-state index contributed by atoms with van der Waals surface area (Å²) in [5, 5.41) is 8.32. The van der Waals surface area contributed by atoms with Gasteiger partial charge in [0.05, 0.1) is 39.3 Å². The molecular formula is C36H35N3O8S. The molecule has 0 heterocycles. The quantitative estimate of drug-likeness (QED) is 0.0834. The van der Waals surface area contributed by atoms with Crippen LogP contribution in [-0.2, 0) is 14.3 Å². The van der Waals surface area contributed by atoms with Gasteiger partial charge in [-0.15, -0.1) is 11.8 Å². The number of carbonyl (C=O) groups is 4. The summed E-state index contributed by atoms with van der Waals surface area (Å²) in [5.74, 6) is -0.400. The molecule has 0 saturated heterocycles. The standard InChI is InChI=1S/C36H35N3O8S/c1-5-47-36(43)25-11-13-26(14-12-25)37-32(40)22-48-28-17-15-27(16-18-28)38-35(42)29(39-34(41)24-9-7-6-8-10-24)19-23-20-30(44-2)33(46-4)31(21-23)45-3/h6-21H,5,22H2,1-4H3,(H,37,40)(H,38,42)(H,39,41)/b29-19-. The summed E-state index contributed by atoms with van der Waals surface area (Å²) in [5.41, 5.74) is 2.30.